The highest BCUT2D eigenvalue weighted by Gasteiger charge is 2.30. The van der Waals surface area contributed by atoms with E-state index < -0.39 is 0 Å². The highest BCUT2D eigenvalue weighted by atomic mass is 32.1. The van der Waals surface area contributed by atoms with E-state index in [9.17, 15) is 4.79 Å². The summed E-state index contributed by atoms with van der Waals surface area (Å²) < 4.78 is 0. The Hall–Kier alpha value is -1.81. The van der Waals surface area contributed by atoms with Crippen molar-refractivity contribution in [3.8, 4) is 0 Å². The lowest BCUT2D eigenvalue weighted by Gasteiger charge is -2.24. The number of thiophene rings is 1. The van der Waals surface area contributed by atoms with Crippen LogP contribution in [0.4, 0.5) is 10.5 Å². The lowest BCUT2D eigenvalue weighted by Crippen LogP contribution is -2.34. The average Bonchev–Trinajstić information content (AvgIpc) is 3.08. The Kier molecular flexibility index (Phi) is 3.97. The number of amides is 2. The maximum Gasteiger partial charge on any atom is 0.322 e. The van der Waals surface area contributed by atoms with Crippen LogP contribution in [-0.4, -0.2) is 17.5 Å². The number of nitrogens with one attached hydrogen (secondary N) is 1. The average molecular weight is 300 g/mol. The summed E-state index contributed by atoms with van der Waals surface area (Å²) in [6.07, 6.45) is 2.13. The van der Waals surface area contributed by atoms with Crippen molar-refractivity contribution in [2.75, 3.05) is 11.9 Å². The summed E-state index contributed by atoms with van der Waals surface area (Å²) in [5.74, 6) is 0. The Labute approximate surface area is 129 Å². The van der Waals surface area contributed by atoms with Crippen LogP contribution in [0.2, 0.25) is 0 Å². The highest BCUT2D eigenvalue weighted by molar-refractivity contribution is 7.10. The molecule has 2 heterocycles. The lowest BCUT2D eigenvalue weighted by atomic mass is 10.1. The second-order valence-corrected chi connectivity index (χ2v) is 6.65. The molecule has 4 heteroatoms. The molecule has 1 N–H and O–H groups in total. The zero-order valence-electron chi connectivity index (χ0n) is 12.4. The van der Waals surface area contributed by atoms with Gasteiger partial charge in [-0.25, -0.2) is 4.79 Å². The van der Waals surface area contributed by atoms with Gasteiger partial charge in [-0.05, 0) is 61.4 Å². The van der Waals surface area contributed by atoms with Gasteiger partial charge in [-0.2, -0.15) is 0 Å². The van der Waals surface area contributed by atoms with Gasteiger partial charge in [0.25, 0.3) is 0 Å². The Bertz CT molecular complexity index is 616. The largest absolute Gasteiger partial charge is 0.322 e. The van der Waals surface area contributed by atoms with E-state index in [0.717, 1.165) is 25.1 Å². The fraction of sp³-hybridized carbons (Fsp3) is 0.353. The van der Waals surface area contributed by atoms with Crippen molar-refractivity contribution in [1.29, 1.82) is 0 Å². The molecule has 1 aliphatic heterocycles. The minimum atomic E-state index is 0.0101. The van der Waals surface area contributed by atoms with Crippen LogP contribution in [0.1, 0.15) is 34.9 Å². The van der Waals surface area contributed by atoms with Crippen molar-refractivity contribution in [3.05, 3.63) is 51.7 Å². The van der Waals surface area contributed by atoms with Gasteiger partial charge in [0, 0.05) is 17.1 Å². The van der Waals surface area contributed by atoms with E-state index in [1.165, 1.54) is 16.0 Å². The third-order valence-corrected chi connectivity index (χ3v) is 4.83. The minimum Gasteiger partial charge on any atom is -0.317 e. The molecule has 3 rings (SSSR count). The molecule has 1 aromatic heterocycles. The zero-order chi connectivity index (χ0) is 14.8. The van der Waals surface area contributed by atoms with Crippen LogP contribution in [0.25, 0.3) is 0 Å². The number of carbonyl (C=O) groups excluding carboxylic acids is 1. The normalized spacial score (nSPS) is 18.0. The van der Waals surface area contributed by atoms with Crippen molar-refractivity contribution in [1.82, 2.24) is 4.90 Å². The molecule has 1 aliphatic rings. The van der Waals surface area contributed by atoms with Crippen LogP contribution < -0.4 is 5.32 Å². The fourth-order valence-corrected chi connectivity index (χ4v) is 3.90. The van der Waals surface area contributed by atoms with Crippen LogP contribution >= 0.6 is 11.3 Å². The third-order valence-electron chi connectivity index (χ3n) is 3.86. The van der Waals surface area contributed by atoms with Crippen LogP contribution in [-0.2, 0) is 0 Å². The lowest BCUT2D eigenvalue weighted by molar-refractivity contribution is 0.208. The smallest absolute Gasteiger partial charge is 0.317 e. The summed E-state index contributed by atoms with van der Waals surface area (Å²) in [7, 11) is 0. The van der Waals surface area contributed by atoms with Crippen LogP contribution in [0.3, 0.4) is 0 Å². The first-order valence-corrected chi connectivity index (χ1v) is 8.21. The Morgan fingerprint density at radius 2 is 2.05 bits per heavy atom. The number of urea groups is 1. The Morgan fingerprint density at radius 1 is 1.29 bits per heavy atom. The molecule has 0 bridgehead atoms. The number of aryl methyl sites for hydroxylation is 2. The van der Waals surface area contributed by atoms with E-state index in [-0.39, 0.29) is 12.1 Å². The topological polar surface area (TPSA) is 32.3 Å². The molecule has 1 saturated heterocycles. The predicted octanol–water partition coefficient (Wildman–Crippen LogP) is 4.73. The van der Waals surface area contributed by atoms with Gasteiger partial charge in [0.15, 0.2) is 0 Å². The number of nitrogens with zero attached hydrogens (tertiary/aromatic N) is 1. The number of anilines is 1. The maximum atomic E-state index is 12.6. The number of likely N-dealkylation sites (tertiary alicyclic amines) is 1. The fourth-order valence-electron chi connectivity index (χ4n) is 3.03. The van der Waals surface area contributed by atoms with Crippen molar-refractivity contribution < 1.29 is 4.79 Å². The van der Waals surface area contributed by atoms with E-state index >= 15 is 0 Å². The van der Waals surface area contributed by atoms with Gasteiger partial charge in [0.05, 0.1) is 6.04 Å². The van der Waals surface area contributed by atoms with Crippen LogP contribution in [0.15, 0.2) is 35.7 Å². The number of hydrogen-bond donors (Lipinski definition) is 1. The molecule has 0 aliphatic carbocycles. The summed E-state index contributed by atoms with van der Waals surface area (Å²) in [6.45, 7) is 4.93. The van der Waals surface area contributed by atoms with Gasteiger partial charge in [-0.15, -0.1) is 11.3 Å². The second kappa shape index (κ2) is 5.90. The Morgan fingerprint density at radius 3 is 2.71 bits per heavy atom. The summed E-state index contributed by atoms with van der Waals surface area (Å²) >= 11 is 1.73. The molecule has 110 valence electrons. The molecule has 1 fully saturated rings. The van der Waals surface area contributed by atoms with Gasteiger partial charge < -0.3 is 10.2 Å². The number of benzene rings is 1. The number of carbonyl (C=O) groups is 1. The molecule has 1 aromatic carbocycles. The summed E-state index contributed by atoms with van der Waals surface area (Å²) in [5, 5.41) is 5.13. The molecular formula is C17H20N2OS. The SMILES string of the molecule is Cc1cc(C)cc(NC(=O)N2CCCC2c2cccs2)c1. The third kappa shape index (κ3) is 3.10. The van der Waals surface area contributed by atoms with E-state index in [1.54, 1.807) is 11.3 Å². The molecule has 1 unspecified atom stereocenters. The summed E-state index contributed by atoms with van der Waals surface area (Å²) in [5.41, 5.74) is 3.22. The van der Waals surface area contributed by atoms with Gasteiger partial charge in [0.2, 0.25) is 0 Å². The molecule has 2 amide bonds. The first-order valence-electron chi connectivity index (χ1n) is 7.33. The van der Waals surface area contributed by atoms with Gasteiger partial charge in [-0.1, -0.05) is 12.1 Å². The van der Waals surface area contributed by atoms with E-state index in [0.29, 0.717) is 0 Å². The molecule has 0 radical (unpaired) electrons. The standard InChI is InChI=1S/C17H20N2OS/c1-12-9-13(2)11-14(10-12)18-17(20)19-7-3-5-15(19)16-6-4-8-21-16/h4,6,8-11,15H,3,5,7H2,1-2H3,(H,18,20). The molecule has 0 spiro atoms. The molecule has 2 aromatic rings. The number of hydrogen-bond acceptors (Lipinski definition) is 2. The van der Waals surface area contributed by atoms with Gasteiger partial charge in [-0.3, -0.25) is 0 Å². The Balaban J connectivity index is 1.75. The second-order valence-electron chi connectivity index (χ2n) is 5.67. The van der Waals surface area contributed by atoms with Crippen molar-refractivity contribution in [3.63, 3.8) is 0 Å². The van der Waals surface area contributed by atoms with Crippen molar-refractivity contribution >= 4 is 23.1 Å². The van der Waals surface area contributed by atoms with E-state index in [1.807, 2.05) is 30.9 Å². The predicted molar refractivity (Wildman–Crippen MR) is 87.9 cm³/mol. The molecule has 3 nitrogen and oxygen atoms in total. The highest BCUT2D eigenvalue weighted by Crippen LogP contribution is 2.34. The monoisotopic (exact) mass is 300 g/mol. The van der Waals surface area contributed by atoms with Crippen molar-refractivity contribution in [2.45, 2.75) is 32.7 Å². The van der Waals surface area contributed by atoms with Crippen molar-refractivity contribution in [2.24, 2.45) is 0 Å². The van der Waals surface area contributed by atoms with Gasteiger partial charge >= 0.3 is 6.03 Å². The van der Waals surface area contributed by atoms with E-state index in [4.69, 9.17) is 0 Å². The van der Waals surface area contributed by atoms with Crippen LogP contribution in [0, 0.1) is 13.8 Å². The molecular weight excluding hydrogens is 280 g/mol. The van der Waals surface area contributed by atoms with Crippen LogP contribution in [0.5, 0.6) is 0 Å². The quantitative estimate of drug-likeness (QED) is 0.854. The number of rotatable bonds is 2. The first kappa shape index (κ1) is 14.1. The van der Waals surface area contributed by atoms with E-state index in [2.05, 4.69) is 28.9 Å². The summed E-state index contributed by atoms with van der Waals surface area (Å²) in [6, 6.07) is 10.6. The minimum absolute atomic E-state index is 0.0101. The molecule has 1 atom stereocenters. The molecule has 0 saturated carbocycles. The summed E-state index contributed by atoms with van der Waals surface area (Å²) in [4.78, 5) is 15.8. The zero-order valence-corrected chi connectivity index (χ0v) is 13.2. The maximum absolute atomic E-state index is 12.6. The molecule has 21 heavy (non-hydrogen) atoms. The van der Waals surface area contributed by atoms with Gasteiger partial charge in [0.1, 0.15) is 0 Å². The first-order chi connectivity index (χ1) is 10.1.